The van der Waals surface area contributed by atoms with Crippen molar-refractivity contribution in [3.8, 4) is 5.75 Å². The molecule has 3 nitrogen and oxygen atoms in total. The maximum Gasteiger partial charge on any atom is 0.261 e. The molecule has 0 saturated heterocycles. The minimum atomic E-state index is -0.580. The van der Waals surface area contributed by atoms with E-state index in [1.165, 1.54) is 5.56 Å². The minimum absolute atomic E-state index is 0.0684. The third-order valence-corrected chi connectivity index (χ3v) is 4.17. The Labute approximate surface area is 142 Å². The zero-order valence-corrected chi connectivity index (χ0v) is 14.6. The van der Waals surface area contributed by atoms with E-state index < -0.39 is 6.10 Å². The average Bonchev–Trinajstić information content (AvgIpc) is 2.51. The quantitative estimate of drug-likeness (QED) is 0.869. The lowest BCUT2D eigenvalue weighted by atomic mass is 10.1. The molecule has 122 valence electrons. The summed E-state index contributed by atoms with van der Waals surface area (Å²) in [6.45, 7) is 7.64. The van der Waals surface area contributed by atoms with Gasteiger partial charge in [0.15, 0.2) is 6.10 Å². The second-order valence-corrected chi connectivity index (χ2v) is 6.22. The summed E-state index contributed by atoms with van der Waals surface area (Å²) in [5.41, 5.74) is 3.19. The Kier molecular flexibility index (Phi) is 5.67. The van der Waals surface area contributed by atoms with Crippen molar-refractivity contribution in [2.45, 2.75) is 39.8 Å². The summed E-state index contributed by atoms with van der Waals surface area (Å²) >= 11 is 5.99. The molecule has 0 aromatic heterocycles. The molecule has 23 heavy (non-hydrogen) atoms. The first-order valence-corrected chi connectivity index (χ1v) is 8.04. The van der Waals surface area contributed by atoms with E-state index in [9.17, 15) is 4.79 Å². The van der Waals surface area contributed by atoms with E-state index in [-0.39, 0.29) is 11.9 Å². The van der Waals surface area contributed by atoms with Crippen molar-refractivity contribution >= 4 is 17.5 Å². The van der Waals surface area contributed by atoms with Gasteiger partial charge in [-0.3, -0.25) is 4.79 Å². The topological polar surface area (TPSA) is 38.3 Å². The molecule has 1 N–H and O–H groups in total. The van der Waals surface area contributed by atoms with Crippen LogP contribution in [0.4, 0.5) is 0 Å². The Hall–Kier alpha value is -2.00. The van der Waals surface area contributed by atoms with Gasteiger partial charge in [-0.15, -0.1) is 0 Å². The number of amides is 1. The summed E-state index contributed by atoms with van der Waals surface area (Å²) < 4.78 is 5.70. The molecule has 0 radical (unpaired) electrons. The summed E-state index contributed by atoms with van der Waals surface area (Å²) in [5.74, 6) is 0.489. The Morgan fingerprint density at radius 3 is 2.35 bits per heavy atom. The SMILES string of the molecule is Cc1ccc(C(C)NC(=O)C(C)Oc2ccc(Cl)c(C)c2)cc1. The van der Waals surface area contributed by atoms with E-state index in [0.29, 0.717) is 10.8 Å². The van der Waals surface area contributed by atoms with E-state index in [0.717, 1.165) is 11.1 Å². The van der Waals surface area contributed by atoms with Crippen LogP contribution in [0.3, 0.4) is 0 Å². The van der Waals surface area contributed by atoms with Crippen LogP contribution < -0.4 is 10.1 Å². The number of rotatable bonds is 5. The number of aryl methyl sites for hydroxylation is 2. The van der Waals surface area contributed by atoms with Crippen molar-refractivity contribution in [1.82, 2.24) is 5.32 Å². The Balaban J connectivity index is 1.96. The Bertz CT molecular complexity index is 682. The highest BCUT2D eigenvalue weighted by Crippen LogP contribution is 2.22. The van der Waals surface area contributed by atoms with Crippen LogP contribution in [0.15, 0.2) is 42.5 Å². The van der Waals surface area contributed by atoms with Crippen molar-refractivity contribution in [2.24, 2.45) is 0 Å². The zero-order valence-electron chi connectivity index (χ0n) is 13.9. The van der Waals surface area contributed by atoms with Crippen molar-refractivity contribution in [3.05, 3.63) is 64.2 Å². The Morgan fingerprint density at radius 1 is 1.09 bits per heavy atom. The summed E-state index contributed by atoms with van der Waals surface area (Å²) in [6.07, 6.45) is -0.580. The number of carbonyl (C=O) groups excluding carboxylic acids is 1. The normalized spacial score (nSPS) is 13.3. The highest BCUT2D eigenvalue weighted by Gasteiger charge is 2.18. The van der Waals surface area contributed by atoms with Gasteiger partial charge < -0.3 is 10.1 Å². The van der Waals surface area contributed by atoms with Crippen molar-refractivity contribution in [1.29, 1.82) is 0 Å². The molecule has 0 aliphatic carbocycles. The van der Waals surface area contributed by atoms with Gasteiger partial charge >= 0.3 is 0 Å². The molecule has 2 unspecified atom stereocenters. The first kappa shape index (κ1) is 17.4. The standard InChI is InChI=1S/C19H22ClNO2/c1-12-5-7-16(8-6-12)14(3)21-19(22)15(4)23-17-9-10-18(20)13(2)11-17/h5-11,14-15H,1-4H3,(H,21,22). The maximum atomic E-state index is 12.3. The molecule has 0 saturated carbocycles. The number of hydrogen-bond acceptors (Lipinski definition) is 2. The number of halogens is 1. The van der Waals surface area contributed by atoms with Gasteiger partial charge in [-0.1, -0.05) is 41.4 Å². The number of benzene rings is 2. The first-order valence-electron chi connectivity index (χ1n) is 7.66. The van der Waals surface area contributed by atoms with Gasteiger partial charge in [0, 0.05) is 5.02 Å². The largest absolute Gasteiger partial charge is 0.481 e. The molecular weight excluding hydrogens is 310 g/mol. The van der Waals surface area contributed by atoms with Gasteiger partial charge in [-0.25, -0.2) is 0 Å². The predicted octanol–water partition coefficient (Wildman–Crippen LogP) is 4.60. The van der Waals surface area contributed by atoms with E-state index in [1.54, 1.807) is 19.1 Å². The van der Waals surface area contributed by atoms with Crippen LogP contribution in [0.2, 0.25) is 5.02 Å². The van der Waals surface area contributed by atoms with Gasteiger partial charge in [-0.05, 0) is 57.0 Å². The lowest BCUT2D eigenvalue weighted by Gasteiger charge is -2.19. The fourth-order valence-electron chi connectivity index (χ4n) is 2.22. The molecule has 0 aliphatic heterocycles. The zero-order chi connectivity index (χ0) is 17.0. The lowest BCUT2D eigenvalue weighted by Crippen LogP contribution is -2.37. The number of carbonyl (C=O) groups is 1. The molecule has 1 amide bonds. The first-order chi connectivity index (χ1) is 10.9. The smallest absolute Gasteiger partial charge is 0.261 e. The lowest BCUT2D eigenvalue weighted by molar-refractivity contribution is -0.127. The molecule has 0 spiro atoms. The van der Waals surface area contributed by atoms with Gasteiger partial charge in [0.1, 0.15) is 5.75 Å². The molecule has 2 aromatic carbocycles. The molecule has 0 heterocycles. The Morgan fingerprint density at radius 2 is 1.74 bits per heavy atom. The average molecular weight is 332 g/mol. The van der Waals surface area contributed by atoms with Crippen LogP contribution in [-0.2, 0) is 4.79 Å². The highest BCUT2D eigenvalue weighted by molar-refractivity contribution is 6.31. The molecule has 4 heteroatoms. The van der Waals surface area contributed by atoms with E-state index >= 15 is 0 Å². The number of ether oxygens (including phenoxy) is 1. The molecule has 0 bridgehead atoms. The number of nitrogens with one attached hydrogen (secondary N) is 1. The summed E-state index contributed by atoms with van der Waals surface area (Å²) in [5, 5.41) is 3.65. The van der Waals surface area contributed by atoms with Gasteiger partial charge in [-0.2, -0.15) is 0 Å². The van der Waals surface area contributed by atoms with Crippen molar-refractivity contribution in [3.63, 3.8) is 0 Å². The van der Waals surface area contributed by atoms with Crippen molar-refractivity contribution < 1.29 is 9.53 Å². The van der Waals surface area contributed by atoms with Gasteiger partial charge in [0.2, 0.25) is 0 Å². The summed E-state index contributed by atoms with van der Waals surface area (Å²) in [4.78, 5) is 12.3. The minimum Gasteiger partial charge on any atom is -0.481 e. The molecule has 2 aromatic rings. The van der Waals surface area contributed by atoms with Crippen LogP contribution >= 0.6 is 11.6 Å². The van der Waals surface area contributed by atoms with Crippen LogP contribution in [0, 0.1) is 13.8 Å². The summed E-state index contributed by atoms with van der Waals surface area (Å²) in [6, 6.07) is 13.4. The molecule has 2 atom stereocenters. The van der Waals surface area contributed by atoms with E-state index in [2.05, 4.69) is 5.32 Å². The molecule has 2 rings (SSSR count). The van der Waals surface area contributed by atoms with Crippen molar-refractivity contribution in [2.75, 3.05) is 0 Å². The molecule has 0 aliphatic rings. The van der Waals surface area contributed by atoms with E-state index in [4.69, 9.17) is 16.3 Å². The third-order valence-electron chi connectivity index (χ3n) is 3.75. The highest BCUT2D eigenvalue weighted by atomic mass is 35.5. The van der Waals surface area contributed by atoms with Crippen LogP contribution in [-0.4, -0.2) is 12.0 Å². The third kappa shape index (κ3) is 4.73. The van der Waals surface area contributed by atoms with E-state index in [1.807, 2.05) is 51.1 Å². The second-order valence-electron chi connectivity index (χ2n) is 5.81. The molecule has 0 fully saturated rings. The maximum absolute atomic E-state index is 12.3. The van der Waals surface area contributed by atoms with Gasteiger partial charge in [0.05, 0.1) is 6.04 Å². The second kappa shape index (κ2) is 7.51. The van der Waals surface area contributed by atoms with Crippen LogP contribution in [0.1, 0.15) is 36.6 Å². The predicted molar refractivity (Wildman–Crippen MR) is 94.0 cm³/mol. The van der Waals surface area contributed by atoms with Crippen LogP contribution in [0.25, 0.3) is 0 Å². The van der Waals surface area contributed by atoms with Crippen LogP contribution in [0.5, 0.6) is 5.75 Å². The number of hydrogen-bond donors (Lipinski definition) is 1. The fourth-order valence-corrected chi connectivity index (χ4v) is 2.33. The fraction of sp³-hybridized carbons (Fsp3) is 0.316. The van der Waals surface area contributed by atoms with Gasteiger partial charge in [0.25, 0.3) is 5.91 Å². The molecular formula is C19H22ClNO2. The monoisotopic (exact) mass is 331 g/mol. The summed E-state index contributed by atoms with van der Waals surface area (Å²) in [7, 11) is 0.